The highest BCUT2D eigenvalue weighted by atomic mass is 35.5. The number of nitrogens with zero attached hydrogens (tertiary/aromatic N) is 2. The zero-order valence-corrected chi connectivity index (χ0v) is 14.0. The molecule has 1 atom stereocenters. The third-order valence-corrected chi connectivity index (χ3v) is 5.93. The van der Waals surface area contributed by atoms with Crippen molar-refractivity contribution in [1.82, 2.24) is 9.29 Å². The molecule has 1 fully saturated rings. The molecule has 1 aliphatic rings. The second-order valence-corrected chi connectivity index (χ2v) is 7.82. The second kappa shape index (κ2) is 6.94. The van der Waals surface area contributed by atoms with Crippen LogP contribution in [0.25, 0.3) is 0 Å². The lowest BCUT2D eigenvalue weighted by Crippen LogP contribution is -2.32. The van der Waals surface area contributed by atoms with Crippen molar-refractivity contribution in [2.45, 2.75) is 38.0 Å². The fourth-order valence-corrected chi connectivity index (χ4v) is 4.25. The fourth-order valence-electron chi connectivity index (χ4n) is 2.49. The summed E-state index contributed by atoms with van der Waals surface area (Å²) in [5, 5.41) is 3.33. The monoisotopic (exact) mass is 331 g/mol. The van der Waals surface area contributed by atoms with E-state index in [9.17, 15) is 8.42 Å². The average Bonchev–Trinajstić information content (AvgIpc) is 2.66. The van der Waals surface area contributed by atoms with Crippen LogP contribution >= 0.6 is 11.6 Å². The Balaban J connectivity index is 2.24. The van der Waals surface area contributed by atoms with Gasteiger partial charge in [-0.25, -0.2) is 13.4 Å². The highest BCUT2D eigenvalue weighted by Crippen LogP contribution is 2.26. The molecule has 2 heterocycles. The van der Waals surface area contributed by atoms with Gasteiger partial charge in [-0.2, -0.15) is 4.31 Å². The molecule has 7 heteroatoms. The number of halogens is 1. The van der Waals surface area contributed by atoms with Crippen molar-refractivity contribution in [1.29, 1.82) is 0 Å². The minimum Gasteiger partial charge on any atom is -0.369 e. The van der Waals surface area contributed by atoms with E-state index < -0.39 is 10.0 Å². The van der Waals surface area contributed by atoms with E-state index in [0.717, 1.165) is 19.3 Å². The van der Waals surface area contributed by atoms with E-state index in [1.54, 1.807) is 4.31 Å². The first-order valence-corrected chi connectivity index (χ1v) is 9.16. The number of anilines is 1. The topological polar surface area (TPSA) is 62.3 Å². The molecule has 21 heavy (non-hydrogen) atoms. The summed E-state index contributed by atoms with van der Waals surface area (Å²) in [6.07, 6.45) is 4.25. The number of aromatic nitrogens is 1. The zero-order chi connectivity index (χ0) is 15.5. The molecule has 1 N–H and O–H groups in total. The van der Waals surface area contributed by atoms with Gasteiger partial charge in [0.2, 0.25) is 10.0 Å². The first-order valence-electron chi connectivity index (χ1n) is 7.34. The molecule has 0 saturated carbocycles. The van der Waals surface area contributed by atoms with E-state index in [-0.39, 0.29) is 4.90 Å². The fraction of sp³-hybridized carbons (Fsp3) is 0.643. The quantitative estimate of drug-likeness (QED) is 0.921. The minimum absolute atomic E-state index is 0.170. The van der Waals surface area contributed by atoms with Crippen molar-refractivity contribution in [3.63, 3.8) is 0 Å². The van der Waals surface area contributed by atoms with Crippen molar-refractivity contribution in [2.24, 2.45) is 5.92 Å². The van der Waals surface area contributed by atoms with Crippen LogP contribution in [0.15, 0.2) is 17.2 Å². The maximum Gasteiger partial charge on any atom is 0.244 e. The Morgan fingerprint density at radius 1 is 1.43 bits per heavy atom. The van der Waals surface area contributed by atoms with Gasteiger partial charge in [-0.3, -0.25) is 0 Å². The molecule has 1 aliphatic heterocycles. The molecule has 118 valence electrons. The van der Waals surface area contributed by atoms with E-state index in [0.29, 0.717) is 36.4 Å². The summed E-state index contributed by atoms with van der Waals surface area (Å²) in [5.41, 5.74) is 0. The number of hydrogen-bond acceptors (Lipinski definition) is 4. The van der Waals surface area contributed by atoms with Crippen LogP contribution in [-0.2, 0) is 10.0 Å². The van der Waals surface area contributed by atoms with E-state index >= 15 is 0 Å². The standard InChI is InChI=1S/C14H22ClN3O2S/c1-3-16-14-13(15)9-12(10-17-14)21(19,20)18-7-4-5-11(2)6-8-18/h9-11H,3-8H2,1-2H3,(H,16,17). The average molecular weight is 332 g/mol. The van der Waals surface area contributed by atoms with E-state index in [1.807, 2.05) is 6.92 Å². The molecule has 0 amide bonds. The number of hydrogen-bond donors (Lipinski definition) is 1. The van der Waals surface area contributed by atoms with Gasteiger partial charge in [0.15, 0.2) is 0 Å². The molecule has 0 aliphatic carbocycles. The Labute approximate surface area is 131 Å². The predicted molar refractivity (Wildman–Crippen MR) is 85.2 cm³/mol. The zero-order valence-electron chi connectivity index (χ0n) is 12.5. The van der Waals surface area contributed by atoms with Gasteiger partial charge in [0.25, 0.3) is 0 Å². The van der Waals surface area contributed by atoms with Gasteiger partial charge in [-0.05, 0) is 38.2 Å². The summed E-state index contributed by atoms with van der Waals surface area (Å²) in [4.78, 5) is 4.29. The summed E-state index contributed by atoms with van der Waals surface area (Å²) in [6.45, 7) is 5.92. The summed E-state index contributed by atoms with van der Waals surface area (Å²) in [6, 6.07) is 1.48. The van der Waals surface area contributed by atoms with Crippen LogP contribution in [0.1, 0.15) is 33.1 Å². The summed E-state index contributed by atoms with van der Waals surface area (Å²) >= 11 is 6.10. The maximum atomic E-state index is 12.7. The molecule has 0 spiro atoms. The Hall–Kier alpha value is -0.850. The van der Waals surface area contributed by atoms with Crippen LogP contribution in [0, 0.1) is 5.92 Å². The molecular formula is C14H22ClN3O2S. The third kappa shape index (κ3) is 3.87. The molecule has 0 radical (unpaired) electrons. The minimum atomic E-state index is -3.50. The first-order chi connectivity index (χ1) is 9.95. The van der Waals surface area contributed by atoms with Crippen LogP contribution in [0.2, 0.25) is 5.02 Å². The van der Waals surface area contributed by atoms with Crippen LogP contribution in [0.5, 0.6) is 0 Å². The van der Waals surface area contributed by atoms with Crippen LogP contribution in [0.4, 0.5) is 5.82 Å². The maximum absolute atomic E-state index is 12.7. The van der Waals surface area contributed by atoms with Crippen molar-refractivity contribution in [3.8, 4) is 0 Å². The summed E-state index contributed by atoms with van der Waals surface area (Å²) < 4.78 is 26.9. The Kier molecular flexibility index (Phi) is 5.46. The molecular weight excluding hydrogens is 310 g/mol. The lowest BCUT2D eigenvalue weighted by molar-refractivity contribution is 0.416. The van der Waals surface area contributed by atoms with Gasteiger partial charge in [0, 0.05) is 25.8 Å². The number of pyridine rings is 1. The normalized spacial score (nSPS) is 21.0. The van der Waals surface area contributed by atoms with Gasteiger partial charge >= 0.3 is 0 Å². The lowest BCUT2D eigenvalue weighted by atomic mass is 10.0. The smallest absolute Gasteiger partial charge is 0.244 e. The van der Waals surface area contributed by atoms with Gasteiger partial charge in [0.1, 0.15) is 10.7 Å². The van der Waals surface area contributed by atoms with E-state index in [4.69, 9.17) is 11.6 Å². The Morgan fingerprint density at radius 2 is 2.19 bits per heavy atom. The van der Waals surface area contributed by atoms with E-state index in [2.05, 4.69) is 17.2 Å². The number of sulfonamides is 1. The summed E-state index contributed by atoms with van der Waals surface area (Å²) in [7, 11) is -3.50. The molecule has 1 aromatic rings. The molecule has 0 aromatic carbocycles. The summed E-state index contributed by atoms with van der Waals surface area (Å²) in [5.74, 6) is 1.09. The van der Waals surface area contributed by atoms with Crippen LogP contribution in [-0.4, -0.2) is 37.3 Å². The molecule has 2 rings (SSSR count). The second-order valence-electron chi connectivity index (χ2n) is 5.47. The highest BCUT2D eigenvalue weighted by Gasteiger charge is 2.27. The molecule has 0 bridgehead atoms. The van der Waals surface area contributed by atoms with Crippen molar-refractivity contribution >= 4 is 27.4 Å². The van der Waals surface area contributed by atoms with Gasteiger partial charge in [0.05, 0.1) is 5.02 Å². The predicted octanol–water partition coefficient (Wildman–Crippen LogP) is 2.98. The first kappa shape index (κ1) is 16.5. The van der Waals surface area contributed by atoms with Crippen LogP contribution < -0.4 is 5.32 Å². The molecule has 5 nitrogen and oxygen atoms in total. The van der Waals surface area contributed by atoms with Gasteiger partial charge in [-0.15, -0.1) is 0 Å². The number of nitrogens with one attached hydrogen (secondary N) is 1. The Bertz CT molecular complexity index is 592. The van der Waals surface area contributed by atoms with Gasteiger partial charge in [-0.1, -0.05) is 18.5 Å². The highest BCUT2D eigenvalue weighted by molar-refractivity contribution is 7.89. The van der Waals surface area contributed by atoms with E-state index in [1.165, 1.54) is 12.3 Å². The molecule has 1 unspecified atom stereocenters. The van der Waals surface area contributed by atoms with Crippen molar-refractivity contribution < 1.29 is 8.42 Å². The number of rotatable bonds is 4. The van der Waals surface area contributed by atoms with Crippen LogP contribution in [0.3, 0.4) is 0 Å². The van der Waals surface area contributed by atoms with Crippen molar-refractivity contribution in [2.75, 3.05) is 25.0 Å². The van der Waals surface area contributed by atoms with Gasteiger partial charge < -0.3 is 5.32 Å². The molecule has 1 aromatic heterocycles. The largest absolute Gasteiger partial charge is 0.369 e. The van der Waals surface area contributed by atoms with Crippen molar-refractivity contribution in [3.05, 3.63) is 17.3 Å². The molecule has 1 saturated heterocycles. The SMILES string of the molecule is CCNc1ncc(S(=O)(=O)N2CCCC(C)CC2)cc1Cl. The third-order valence-electron chi connectivity index (χ3n) is 3.77. The lowest BCUT2D eigenvalue weighted by Gasteiger charge is -2.20. The Morgan fingerprint density at radius 3 is 2.86 bits per heavy atom.